The SMILES string of the molecule is F[P-](F)(F)(F)(F)F.[H+].c1ccc(CN2CSc3ccccc32)cc1. The maximum atomic E-state index is 9.87. The van der Waals surface area contributed by atoms with E-state index in [1.54, 1.807) is 0 Å². The van der Waals surface area contributed by atoms with Crippen LogP contribution >= 0.6 is 19.6 Å². The van der Waals surface area contributed by atoms with E-state index in [-0.39, 0.29) is 1.43 Å². The third-order valence-corrected chi connectivity index (χ3v) is 3.90. The van der Waals surface area contributed by atoms with E-state index in [1.165, 1.54) is 16.1 Å². The van der Waals surface area contributed by atoms with Crippen LogP contribution in [-0.4, -0.2) is 5.88 Å². The Hall–Kier alpha value is -1.40. The second kappa shape index (κ2) is 5.60. The van der Waals surface area contributed by atoms with Crippen molar-refractivity contribution in [2.24, 2.45) is 0 Å². The topological polar surface area (TPSA) is 3.24 Å². The van der Waals surface area contributed by atoms with E-state index in [9.17, 15) is 25.2 Å². The van der Waals surface area contributed by atoms with Crippen LogP contribution in [0.5, 0.6) is 0 Å². The molecule has 0 amide bonds. The second-order valence-corrected chi connectivity index (χ2v) is 7.79. The zero-order valence-electron chi connectivity index (χ0n) is 12.7. The first-order valence-corrected chi connectivity index (χ1v) is 9.47. The third kappa shape index (κ3) is 7.61. The molecule has 23 heavy (non-hydrogen) atoms. The van der Waals surface area contributed by atoms with Crippen LogP contribution < -0.4 is 4.90 Å². The van der Waals surface area contributed by atoms with Crippen LogP contribution in [-0.2, 0) is 6.54 Å². The first kappa shape index (κ1) is 17.9. The number of hydrogen-bond acceptors (Lipinski definition) is 2. The number of anilines is 1. The molecule has 128 valence electrons. The molecular weight excluding hydrogens is 359 g/mol. The van der Waals surface area contributed by atoms with Gasteiger partial charge in [0.1, 0.15) is 0 Å². The number of rotatable bonds is 2. The van der Waals surface area contributed by atoms with E-state index in [0.29, 0.717) is 0 Å². The number of para-hydroxylation sites is 1. The maximum absolute atomic E-state index is 10.7. The normalized spacial score (nSPS) is 16.7. The largest absolute Gasteiger partial charge is 1.00 e. The van der Waals surface area contributed by atoms with Crippen LogP contribution in [0.3, 0.4) is 0 Å². The number of hydrogen-bond donors (Lipinski definition) is 0. The van der Waals surface area contributed by atoms with Crippen molar-refractivity contribution >= 4 is 25.3 Å². The summed E-state index contributed by atoms with van der Waals surface area (Å²) in [6.45, 7) is 1.00. The number of benzene rings is 2. The minimum absolute atomic E-state index is 0. The second-order valence-electron chi connectivity index (χ2n) is 4.88. The van der Waals surface area contributed by atoms with Crippen LogP contribution in [0.2, 0.25) is 0 Å². The van der Waals surface area contributed by atoms with Crippen molar-refractivity contribution in [1.82, 2.24) is 0 Å². The molecule has 3 rings (SSSR count). The molecular formula is C14H14F6NPS. The minimum Gasteiger partial charge on any atom is -0.357 e. The van der Waals surface area contributed by atoms with Gasteiger partial charge in [-0.15, -0.1) is 11.8 Å². The summed E-state index contributed by atoms with van der Waals surface area (Å²) in [6.07, 6.45) is 0. The molecule has 1 heterocycles. The molecule has 0 spiro atoms. The molecule has 0 bridgehead atoms. The van der Waals surface area contributed by atoms with E-state index >= 15 is 0 Å². The molecule has 0 radical (unpaired) electrons. The van der Waals surface area contributed by atoms with E-state index in [0.717, 1.165) is 12.4 Å². The van der Waals surface area contributed by atoms with Crippen molar-refractivity contribution in [3.63, 3.8) is 0 Å². The zero-order valence-corrected chi connectivity index (χ0v) is 13.4. The molecule has 0 fully saturated rings. The van der Waals surface area contributed by atoms with Crippen molar-refractivity contribution in [3.05, 3.63) is 60.2 Å². The fourth-order valence-corrected chi connectivity index (χ4v) is 3.04. The van der Waals surface area contributed by atoms with Gasteiger partial charge < -0.3 is 4.90 Å². The molecule has 2 aromatic rings. The van der Waals surface area contributed by atoms with E-state index in [4.69, 9.17) is 0 Å². The summed E-state index contributed by atoms with van der Waals surface area (Å²) in [4.78, 5) is 3.83. The fourth-order valence-electron chi connectivity index (χ4n) is 1.99. The smallest absolute Gasteiger partial charge is 0.357 e. The number of halogens is 6. The van der Waals surface area contributed by atoms with Crippen molar-refractivity contribution < 1.29 is 26.6 Å². The Balaban J connectivity index is 0.000000312. The molecule has 0 saturated carbocycles. The average molecular weight is 373 g/mol. The van der Waals surface area contributed by atoms with Gasteiger partial charge in [0.2, 0.25) is 0 Å². The predicted molar refractivity (Wildman–Crippen MR) is 84.5 cm³/mol. The molecule has 0 unspecified atom stereocenters. The summed E-state index contributed by atoms with van der Waals surface area (Å²) in [5.74, 6) is 1.06. The summed E-state index contributed by atoms with van der Waals surface area (Å²) in [5, 5.41) is 0. The Morgan fingerprint density at radius 1 is 0.870 bits per heavy atom. The summed E-state index contributed by atoms with van der Waals surface area (Å²) in [5.41, 5.74) is 2.75. The summed E-state index contributed by atoms with van der Waals surface area (Å²) in [7, 11) is -10.7. The summed E-state index contributed by atoms with van der Waals surface area (Å²) in [6, 6.07) is 19.3. The van der Waals surface area contributed by atoms with Gasteiger partial charge >= 0.3 is 34.4 Å². The first-order chi connectivity index (χ1) is 10.4. The van der Waals surface area contributed by atoms with Crippen LogP contribution in [0.25, 0.3) is 0 Å². The Morgan fingerprint density at radius 3 is 2.00 bits per heavy atom. The molecule has 1 nitrogen and oxygen atoms in total. The Labute approximate surface area is 135 Å². The van der Waals surface area contributed by atoms with Crippen LogP contribution in [0.4, 0.5) is 30.9 Å². The number of thioether (sulfide) groups is 1. The Bertz CT molecular complexity index is 669. The van der Waals surface area contributed by atoms with Crippen LogP contribution in [0, 0.1) is 0 Å². The number of fused-ring (bicyclic) bond motifs is 1. The van der Waals surface area contributed by atoms with Gasteiger partial charge in [0.25, 0.3) is 0 Å². The molecule has 2 aromatic carbocycles. The van der Waals surface area contributed by atoms with Crippen molar-refractivity contribution in [2.45, 2.75) is 11.4 Å². The fraction of sp³-hybridized carbons (Fsp3) is 0.143. The van der Waals surface area contributed by atoms with E-state index in [1.807, 2.05) is 11.8 Å². The average Bonchev–Trinajstić information content (AvgIpc) is 2.80. The van der Waals surface area contributed by atoms with Crippen molar-refractivity contribution in [3.8, 4) is 0 Å². The molecule has 0 aromatic heterocycles. The monoisotopic (exact) mass is 373 g/mol. The molecule has 0 atom stereocenters. The van der Waals surface area contributed by atoms with Crippen molar-refractivity contribution in [1.29, 1.82) is 0 Å². The third-order valence-electron chi connectivity index (χ3n) is 2.80. The molecule has 0 saturated heterocycles. The molecule has 9 heteroatoms. The van der Waals surface area contributed by atoms with Crippen LogP contribution in [0.15, 0.2) is 59.5 Å². The molecule has 0 aliphatic carbocycles. The van der Waals surface area contributed by atoms with E-state index < -0.39 is 7.81 Å². The summed E-state index contributed by atoms with van der Waals surface area (Å²) < 4.78 is 59.2. The molecule has 0 N–H and O–H groups in total. The van der Waals surface area contributed by atoms with Gasteiger partial charge in [0, 0.05) is 11.4 Å². The molecule has 1 aliphatic rings. The Morgan fingerprint density at radius 2 is 1.39 bits per heavy atom. The maximum Gasteiger partial charge on any atom is 1.00 e. The minimum atomic E-state index is -10.7. The van der Waals surface area contributed by atoms with Gasteiger partial charge in [0.05, 0.1) is 11.6 Å². The first-order valence-electron chi connectivity index (χ1n) is 6.45. The quantitative estimate of drug-likeness (QED) is 0.403. The zero-order chi connectivity index (χ0) is 17.2. The van der Waals surface area contributed by atoms with Crippen molar-refractivity contribution in [2.75, 3.05) is 10.8 Å². The van der Waals surface area contributed by atoms with Gasteiger partial charge in [-0.05, 0) is 17.7 Å². The number of nitrogens with zero attached hydrogens (tertiary/aromatic N) is 1. The predicted octanol–water partition coefficient (Wildman–Crippen LogP) is 7.25. The summed E-state index contributed by atoms with van der Waals surface area (Å²) >= 11 is 1.92. The van der Waals surface area contributed by atoms with E-state index in [2.05, 4.69) is 59.5 Å². The van der Waals surface area contributed by atoms with Gasteiger partial charge in [-0.2, -0.15) is 0 Å². The standard InChI is InChI=1S/C14H13NS.F6P/c1-2-6-12(7-3-1)10-15-11-16-14-9-5-4-8-13(14)15;1-7(2,3,4,5)6/h1-9H,10-11H2;/q;-1/p+1. The molecule has 1 aliphatic heterocycles. The van der Waals surface area contributed by atoms with Gasteiger partial charge in [-0.1, -0.05) is 42.5 Å². The van der Waals surface area contributed by atoms with Gasteiger partial charge in [0.15, 0.2) is 0 Å². The Kier molecular flexibility index (Phi) is 4.37. The van der Waals surface area contributed by atoms with Gasteiger partial charge in [-0.25, -0.2) is 0 Å². The van der Waals surface area contributed by atoms with Gasteiger partial charge in [-0.3, -0.25) is 0 Å². The van der Waals surface area contributed by atoms with Crippen LogP contribution in [0.1, 0.15) is 6.99 Å².